The summed E-state index contributed by atoms with van der Waals surface area (Å²) < 4.78 is 45.7. The van der Waals surface area contributed by atoms with Crippen LogP contribution in [0.15, 0.2) is 48.8 Å². The molecular formula is C20H18FN3O5S. The van der Waals surface area contributed by atoms with Gasteiger partial charge in [0.1, 0.15) is 11.3 Å². The SMILES string of the molecule is CN(C)S(=O)(=O)Oc1c2cccnc2c(O)c2c(O)n(Cc3ccc(F)cc3)cc12. The van der Waals surface area contributed by atoms with Gasteiger partial charge in [-0.3, -0.25) is 4.98 Å². The van der Waals surface area contributed by atoms with Crippen molar-refractivity contribution in [1.29, 1.82) is 0 Å². The lowest BCUT2D eigenvalue weighted by atomic mass is 10.1. The second kappa shape index (κ2) is 7.15. The molecule has 2 N–H and O–H groups in total. The minimum atomic E-state index is -4.12. The summed E-state index contributed by atoms with van der Waals surface area (Å²) in [5, 5.41) is 22.0. The highest BCUT2D eigenvalue weighted by atomic mass is 32.2. The number of nitrogens with zero attached hydrogens (tertiary/aromatic N) is 3. The molecule has 0 saturated carbocycles. The number of benzene rings is 2. The maximum atomic E-state index is 13.2. The molecule has 0 saturated heterocycles. The largest absolute Gasteiger partial charge is 0.505 e. The second-order valence-electron chi connectivity index (χ2n) is 6.90. The van der Waals surface area contributed by atoms with Crippen molar-refractivity contribution in [3.05, 3.63) is 60.2 Å². The standard InChI is InChI=1S/C20H18FN3O5S/c1-23(2)30(27,28)29-19-14-4-3-9-22-17(14)18(25)16-15(19)11-24(20(16)26)10-12-5-7-13(21)8-6-12/h3-9,11,25-26H,10H2,1-2H3. The minimum absolute atomic E-state index is 0.00673. The third kappa shape index (κ3) is 3.29. The van der Waals surface area contributed by atoms with Crippen molar-refractivity contribution in [2.24, 2.45) is 0 Å². The van der Waals surface area contributed by atoms with Gasteiger partial charge in [-0.05, 0) is 29.8 Å². The summed E-state index contributed by atoms with van der Waals surface area (Å²) in [7, 11) is -1.47. The zero-order valence-electron chi connectivity index (χ0n) is 16.1. The fraction of sp³-hybridized carbons (Fsp3) is 0.150. The highest BCUT2D eigenvalue weighted by Crippen LogP contribution is 2.46. The molecule has 30 heavy (non-hydrogen) atoms. The van der Waals surface area contributed by atoms with Gasteiger partial charge in [0.25, 0.3) is 0 Å². The van der Waals surface area contributed by atoms with Gasteiger partial charge in [-0.1, -0.05) is 12.1 Å². The Kier molecular flexibility index (Phi) is 4.75. The molecule has 10 heteroatoms. The van der Waals surface area contributed by atoms with Crippen molar-refractivity contribution in [2.75, 3.05) is 14.1 Å². The van der Waals surface area contributed by atoms with Gasteiger partial charge in [0.2, 0.25) is 5.88 Å². The molecule has 156 valence electrons. The van der Waals surface area contributed by atoms with Gasteiger partial charge in [0, 0.05) is 31.9 Å². The lowest BCUT2D eigenvalue weighted by molar-refractivity contribution is 0.423. The van der Waals surface area contributed by atoms with Gasteiger partial charge in [-0.25, -0.2) is 4.39 Å². The Bertz CT molecular complexity index is 1370. The molecule has 0 spiro atoms. The van der Waals surface area contributed by atoms with E-state index in [0.717, 1.165) is 4.31 Å². The van der Waals surface area contributed by atoms with Crippen molar-refractivity contribution < 1.29 is 27.2 Å². The predicted octanol–water partition coefficient (Wildman–Crippen LogP) is 2.97. The first kappa shape index (κ1) is 19.9. The summed E-state index contributed by atoms with van der Waals surface area (Å²) in [6, 6.07) is 8.86. The van der Waals surface area contributed by atoms with Crippen LogP contribution >= 0.6 is 0 Å². The molecule has 4 rings (SSSR count). The molecule has 0 aliphatic carbocycles. The van der Waals surface area contributed by atoms with Crippen molar-refractivity contribution in [2.45, 2.75) is 6.54 Å². The van der Waals surface area contributed by atoms with Crippen molar-refractivity contribution in [3.63, 3.8) is 0 Å². The van der Waals surface area contributed by atoms with E-state index in [9.17, 15) is 23.0 Å². The number of phenols is 1. The number of phenolic OH excluding ortho intramolecular Hbond substituents is 1. The Morgan fingerprint density at radius 1 is 1.13 bits per heavy atom. The lowest BCUT2D eigenvalue weighted by Crippen LogP contribution is -2.27. The molecule has 0 atom stereocenters. The lowest BCUT2D eigenvalue weighted by Gasteiger charge is -2.15. The summed E-state index contributed by atoms with van der Waals surface area (Å²) >= 11 is 0. The number of rotatable bonds is 5. The normalized spacial score (nSPS) is 12.1. The van der Waals surface area contributed by atoms with Gasteiger partial charge < -0.3 is 19.0 Å². The zero-order valence-corrected chi connectivity index (χ0v) is 16.9. The van der Waals surface area contributed by atoms with Crippen LogP contribution in [-0.2, 0) is 16.8 Å². The molecule has 0 aliphatic rings. The molecule has 0 radical (unpaired) electrons. The number of fused-ring (bicyclic) bond motifs is 2. The molecular weight excluding hydrogens is 413 g/mol. The number of aromatic hydroxyl groups is 2. The van der Waals surface area contributed by atoms with E-state index in [1.54, 1.807) is 24.3 Å². The number of pyridine rings is 1. The number of aromatic nitrogens is 2. The Hall–Kier alpha value is -3.37. The fourth-order valence-corrected chi connectivity index (χ4v) is 3.71. The summed E-state index contributed by atoms with van der Waals surface area (Å²) in [5.41, 5.74) is 0.779. The Labute approximate surface area is 171 Å². The highest BCUT2D eigenvalue weighted by Gasteiger charge is 2.26. The monoisotopic (exact) mass is 431 g/mol. The van der Waals surface area contributed by atoms with Crippen LogP contribution in [0, 0.1) is 5.82 Å². The zero-order chi connectivity index (χ0) is 21.6. The molecule has 0 bridgehead atoms. The molecule has 2 aromatic heterocycles. The Balaban J connectivity index is 1.98. The van der Waals surface area contributed by atoms with Gasteiger partial charge in [0.05, 0.1) is 17.3 Å². The summed E-state index contributed by atoms with van der Waals surface area (Å²) in [4.78, 5) is 4.11. The van der Waals surface area contributed by atoms with Gasteiger partial charge in [-0.15, -0.1) is 0 Å². The number of hydrogen-bond acceptors (Lipinski definition) is 6. The van der Waals surface area contributed by atoms with E-state index in [0.29, 0.717) is 5.56 Å². The first-order chi connectivity index (χ1) is 14.2. The van der Waals surface area contributed by atoms with Crippen LogP contribution in [0.2, 0.25) is 0 Å². The van der Waals surface area contributed by atoms with Crippen LogP contribution in [0.4, 0.5) is 4.39 Å². The van der Waals surface area contributed by atoms with E-state index in [2.05, 4.69) is 4.98 Å². The first-order valence-corrected chi connectivity index (χ1v) is 10.2. The molecule has 0 fully saturated rings. The van der Waals surface area contributed by atoms with Gasteiger partial charge in [-0.2, -0.15) is 12.7 Å². The average molecular weight is 431 g/mol. The van der Waals surface area contributed by atoms with Crippen LogP contribution in [0.25, 0.3) is 21.7 Å². The number of hydrogen-bond donors (Lipinski definition) is 2. The molecule has 4 aromatic rings. The van der Waals surface area contributed by atoms with E-state index in [-0.39, 0.29) is 51.4 Å². The average Bonchev–Trinajstić information content (AvgIpc) is 3.03. The third-order valence-electron chi connectivity index (χ3n) is 4.71. The maximum absolute atomic E-state index is 13.2. The van der Waals surface area contributed by atoms with Crippen LogP contribution in [-0.4, -0.2) is 46.6 Å². The predicted molar refractivity (Wildman–Crippen MR) is 109 cm³/mol. The molecule has 0 aliphatic heterocycles. The molecule has 0 amide bonds. The maximum Gasteiger partial charge on any atom is 0.384 e. The molecule has 2 aromatic carbocycles. The van der Waals surface area contributed by atoms with Crippen LogP contribution in [0.3, 0.4) is 0 Å². The molecule has 2 heterocycles. The summed E-state index contributed by atoms with van der Waals surface area (Å²) in [6.45, 7) is 0.157. The smallest absolute Gasteiger partial charge is 0.384 e. The summed E-state index contributed by atoms with van der Waals surface area (Å²) in [5.74, 6) is -1.05. The first-order valence-electron chi connectivity index (χ1n) is 8.87. The second-order valence-corrected chi connectivity index (χ2v) is 8.65. The van der Waals surface area contributed by atoms with Crippen LogP contribution in [0.1, 0.15) is 5.56 Å². The van der Waals surface area contributed by atoms with Gasteiger partial charge in [0.15, 0.2) is 11.5 Å². The third-order valence-corrected chi connectivity index (χ3v) is 5.98. The Morgan fingerprint density at radius 3 is 2.50 bits per heavy atom. The van der Waals surface area contributed by atoms with E-state index < -0.39 is 10.3 Å². The van der Waals surface area contributed by atoms with E-state index in [4.69, 9.17) is 4.18 Å². The summed E-state index contributed by atoms with van der Waals surface area (Å²) in [6.07, 6.45) is 2.91. The van der Waals surface area contributed by atoms with Crippen molar-refractivity contribution in [3.8, 4) is 17.4 Å². The highest BCUT2D eigenvalue weighted by molar-refractivity contribution is 7.84. The quantitative estimate of drug-likeness (QED) is 0.503. The Morgan fingerprint density at radius 2 is 1.83 bits per heavy atom. The fourth-order valence-electron chi connectivity index (χ4n) is 3.17. The number of halogens is 1. The van der Waals surface area contributed by atoms with Crippen LogP contribution in [0.5, 0.6) is 17.4 Å². The van der Waals surface area contributed by atoms with Crippen molar-refractivity contribution in [1.82, 2.24) is 13.9 Å². The van der Waals surface area contributed by atoms with Crippen molar-refractivity contribution >= 4 is 32.0 Å². The van der Waals surface area contributed by atoms with Crippen LogP contribution < -0.4 is 4.18 Å². The molecule has 8 nitrogen and oxygen atoms in total. The van der Waals surface area contributed by atoms with E-state index >= 15 is 0 Å². The van der Waals surface area contributed by atoms with E-state index in [1.807, 2.05) is 0 Å². The van der Waals surface area contributed by atoms with E-state index in [1.165, 1.54) is 43.2 Å². The minimum Gasteiger partial charge on any atom is -0.505 e. The molecule has 0 unspecified atom stereocenters. The van der Waals surface area contributed by atoms with Gasteiger partial charge >= 0.3 is 10.3 Å². The topological polar surface area (TPSA) is 105 Å².